The van der Waals surface area contributed by atoms with Gasteiger partial charge in [0, 0.05) is 10.9 Å². The Balaban J connectivity index is 0. The molecule has 106 valence electrons. The van der Waals surface area contributed by atoms with Gasteiger partial charge in [0.2, 0.25) is 0 Å². The van der Waals surface area contributed by atoms with Gasteiger partial charge in [0.05, 0.1) is 0 Å². The van der Waals surface area contributed by atoms with Crippen molar-refractivity contribution in [2.45, 2.75) is 65.2 Å². The molecule has 1 aromatic rings. The monoisotopic (exact) mass is 287 g/mol. The van der Waals surface area contributed by atoms with Crippen LogP contribution in [0.4, 0.5) is 0 Å². The lowest BCUT2D eigenvalue weighted by Crippen LogP contribution is -2.16. The van der Waals surface area contributed by atoms with Crippen LogP contribution in [0.5, 0.6) is 0 Å². The van der Waals surface area contributed by atoms with Gasteiger partial charge in [0.1, 0.15) is 5.03 Å². The van der Waals surface area contributed by atoms with E-state index in [0.717, 1.165) is 10.9 Å². The third-order valence-corrected chi connectivity index (χ3v) is 5.12. The largest absolute Gasteiger partial charge is 0.249 e. The third-order valence-electron chi connectivity index (χ3n) is 1.89. The fourth-order valence-electron chi connectivity index (χ4n) is 1.57. The minimum atomic E-state index is 0. The first-order valence-corrected chi connectivity index (χ1v) is 8.41. The van der Waals surface area contributed by atoms with Gasteiger partial charge in [-0.05, 0) is 49.1 Å². The summed E-state index contributed by atoms with van der Waals surface area (Å²) in [5.41, 5.74) is 0. The molecule has 0 spiro atoms. The minimum absolute atomic E-state index is 0. The first kappa shape index (κ1) is 20.2. The Morgan fingerprint density at radius 1 is 1.22 bits per heavy atom. The van der Waals surface area contributed by atoms with Crippen molar-refractivity contribution in [2.75, 3.05) is 0 Å². The highest BCUT2D eigenvalue weighted by molar-refractivity contribution is 8.77. The van der Waals surface area contributed by atoms with Crippen molar-refractivity contribution in [3.8, 4) is 0 Å². The van der Waals surface area contributed by atoms with E-state index in [-0.39, 0.29) is 7.43 Å². The Kier molecular flexibility index (Phi) is 12.0. The van der Waals surface area contributed by atoms with Crippen molar-refractivity contribution in [1.29, 1.82) is 0 Å². The van der Waals surface area contributed by atoms with Crippen LogP contribution >= 0.6 is 21.6 Å². The number of hydrogen-bond acceptors (Lipinski definition) is 3. The summed E-state index contributed by atoms with van der Waals surface area (Å²) in [6.45, 7) is 13.1. The molecule has 3 heteroatoms. The Hall–Kier alpha value is -0.150. The van der Waals surface area contributed by atoms with Crippen molar-refractivity contribution in [3.05, 3.63) is 24.4 Å². The zero-order valence-corrected chi connectivity index (χ0v) is 13.5. The van der Waals surface area contributed by atoms with Gasteiger partial charge in [-0.1, -0.05) is 52.0 Å². The van der Waals surface area contributed by atoms with Gasteiger partial charge in [0.25, 0.3) is 0 Å². The molecule has 0 aromatic carbocycles. The van der Waals surface area contributed by atoms with E-state index in [4.69, 9.17) is 0 Å². The highest BCUT2D eigenvalue weighted by atomic mass is 33.1. The highest BCUT2D eigenvalue weighted by Crippen LogP contribution is 2.42. The summed E-state index contributed by atoms with van der Waals surface area (Å²) in [6.07, 6.45) is 3.08. The summed E-state index contributed by atoms with van der Waals surface area (Å²) in [7, 11) is 3.69. The molecule has 1 rings (SSSR count). The van der Waals surface area contributed by atoms with Gasteiger partial charge in [0.15, 0.2) is 0 Å². The molecule has 1 heterocycles. The molecule has 1 aromatic heterocycles. The Labute approximate surface area is 122 Å². The van der Waals surface area contributed by atoms with E-state index in [2.05, 4.69) is 38.7 Å². The summed E-state index contributed by atoms with van der Waals surface area (Å²) >= 11 is 0. The maximum Gasteiger partial charge on any atom is 0.106 e. The van der Waals surface area contributed by atoms with Gasteiger partial charge in [-0.25, -0.2) is 4.98 Å². The summed E-state index contributed by atoms with van der Waals surface area (Å²) < 4.78 is 0.316. The molecule has 0 unspecified atom stereocenters. The first-order chi connectivity index (χ1) is 7.99. The average Bonchev–Trinajstić information content (AvgIpc) is 2.29. The van der Waals surface area contributed by atoms with Crippen LogP contribution in [0.2, 0.25) is 0 Å². The van der Waals surface area contributed by atoms with Crippen LogP contribution in [0.1, 0.15) is 55.4 Å². The molecule has 0 N–H and O–H groups in total. The number of nitrogens with zero attached hydrogens (tertiary/aromatic N) is 1. The highest BCUT2D eigenvalue weighted by Gasteiger charge is 2.20. The SMILES string of the molecule is C.CC.CC(C)CC(C)(C)SSc1ccccn1. The Morgan fingerprint density at radius 3 is 2.28 bits per heavy atom. The number of aromatic nitrogens is 1. The van der Waals surface area contributed by atoms with Crippen LogP contribution in [0.15, 0.2) is 29.4 Å². The Morgan fingerprint density at radius 2 is 1.83 bits per heavy atom. The van der Waals surface area contributed by atoms with E-state index in [0.29, 0.717) is 4.75 Å². The van der Waals surface area contributed by atoms with Crippen molar-refractivity contribution in [2.24, 2.45) is 5.92 Å². The molecule has 0 aliphatic rings. The third kappa shape index (κ3) is 9.84. The van der Waals surface area contributed by atoms with E-state index in [9.17, 15) is 0 Å². The average molecular weight is 288 g/mol. The van der Waals surface area contributed by atoms with Crippen LogP contribution in [0, 0.1) is 5.92 Å². The quantitative estimate of drug-likeness (QED) is 0.589. The van der Waals surface area contributed by atoms with Crippen LogP contribution in [0.25, 0.3) is 0 Å². The maximum absolute atomic E-state index is 4.30. The van der Waals surface area contributed by atoms with Crippen LogP contribution in [-0.4, -0.2) is 9.73 Å². The summed E-state index contributed by atoms with van der Waals surface area (Å²) in [6, 6.07) is 6.04. The zero-order chi connectivity index (χ0) is 13.3. The van der Waals surface area contributed by atoms with Gasteiger partial charge in [-0.15, -0.1) is 0 Å². The predicted molar refractivity (Wildman–Crippen MR) is 89.3 cm³/mol. The molecule has 0 amide bonds. The predicted octanol–water partition coefficient (Wildman–Crippen LogP) is 6.31. The normalized spacial score (nSPS) is 10.4. The molecule has 0 saturated carbocycles. The second kappa shape index (κ2) is 10.7. The summed E-state index contributed by atoms with van der Waals surface area (Å²) in [5, 5.41) is 1.10. The lowest BCUT2D eigenvalue weighted by Gasteiger charge is -2.24. The Bertz CT molecular complexity index is 284. The molecule has 0 atom stereocenters. The van der Waals surface area contributed by atoms with Gasteiger partial charge >= 0.3 is 0 Å². The van der Waals surface area contributed by atoms with E-state index >= 15 is 0 Å². The number of pyridine rings is 1. The molecular weight excluding hydrogens is 258 g/mol. The van der Waals surface area contributed by atoms with Crippen molar-refractivity contribution < 1.29 is 0 Å². The van der Waals surface area contributed by atoms with Crippen molar-refractivity contribution in [3.63, 3.8) is 0 Å². The fraction of sp³-hybridized carbons (Fsp3) is 0.667. The van der Waals surface area contributed by atoms with Gasteiger partial charge < -0.3 is 0 Å². The standard InChI is InChI=1S/C12H19NS2.C2H6.CH4/c1-10(2)9-12(3,4)15-14-11-7-5-6-8-13-11;1-2;/h5-8,10H,9H2,1-4H3;1-2H3;1H4. The van der Waals surface area contributed by atoms with E-state index in [1.165, 1.54) is 6.42 Å². The van der Waals surface area contributed by atoms with Gasteiger partial charge in [-0.2, -0.15) is 0 Å². The van der Waals surface area contributed by atoms with Crippen molar-refractivity contribution >= 4 is 21.6 Å². The lowest BCUT2D eigenvalue weighted by molar-refractivity contribution is 0.505. The zero-order valence-electron chi connectivity index (χ0n) is 11.9. The molecule has 0 bridgehead atoms. The molecule has 0 saturated heterocycles. The van der Waals surface area contributed by atoms with Crippen molar-refractivity contribution in [1.82, 2.24) is 4.98 Å². The molecule has 1 nitrogen and oxygen atoms in total. The van der Waals surface area contributed by atoms with Crippen LogP contribution in [-0.2, 0) is 0 Å². The topological polar surface area (TPSA) is 12.9 Å². The minimum Gasteiger partial charge on any atom is -0.249 e. The fourth-order valence-corrected chi connectivity index (χ4v) is 3.95. The summed E-state index contributed by atoms with van der Waals surface area (Å²) in [5.74, 6) is 0.747. The molecule has 0 aliphatic carbocycles. The van der Waals surface area contributed by atoms with E-state index in [1.807, 2.05) is 43.0 Å². The second-order valence-electron chi connectivity index (χ2n) is 4.69. The molecule has 0 aliphatic heterocycles. The number of hydrogen-bond donors (Lipinski definition) is 0. The lowest BCUT2D eigenvalue weighted by atomic mass is 10.0. The van der Waals surface area contributed by atoms with Crippen LogP contribution < -0.4 is 0 Å². The first-order valence-electron chi connectivity index (χ1n) is 6.26. The molecule has 18 heavy (non-hydrogen) atoms. The maximum atomic E-state index is 4.30. The van der Waals surface area contributed by atoms with Gasteiger partial charge in [-0.3, -0.25) is 0 Å². The smallest absolute Gasteiger partial charge is 0.106 e. The van der Waals surface area contributed by atoms with E-state index in [1.54, 1.807) is 10.8 Å². The molecule has 0 radical (unpaired) electrons. The number of rotatable bonds is 5. The second-order valence-corrected chi connectivity index (χ2v) is 7.55. The van der Waals surface area contributed by atoms with Crippen LogP contribution in [0.3, 0.4) is 0 Å². The molecular formula is C15H29NS2. The summed E-state index contributed by atoms with van der Waals surface area (Å²) in [4.78, 5) is 4.30. The molecule has 0 fully saturated rings. The van der Waals surface area contributed by atoms with E-state index < -0.39 is 0 Å².